The van der Waals surface area contributed by atoms with E-state index in [0.29, 0.717) is 23.5 Å². The molecule has 0 fully saturated rings. The van der Waals surface area contributed by atoms with Crippen molar-refractivity contribution in [2.75, 3.05) is 13.1 Å². The van der Waals surface area contributed by atoms with Gasteiger partial charge in [-0.3, -0.25) is 9.59 Å². The van der Waals surface area contributed by atoms with E-state index < -0.39 is 11.1 Å². The van der Waals surface area contributed by atoms with Gasteiger partial charge in [-0.2, -0.15) is 0 Å². The molecular formula is C14H16FNO2S. The molecule has 1 aromatic carbocycles. The normalized spacial score (nSPS) is 18.1. The van der Waals surface area contributed by atoms with Gasteiger partial charge in [0.1, 0.15) is 5.82 Å². The molecule has 3 nitrogen and oxygen atoms in total. The number of benzene rings is 1. The van der Waals surface area contributed by atoms with Gasteiger partial charge < -0.3 is 4.90 Å². The van der Waals surface area contributed by atoms with Crippen LogP contribution in [0.4, 0.5) is 4.39 Å². The van der Waals surface area contributed by atoms with E-state index in [0.717, 1.165) is 0 Å². The van der Waals surface area contributed by atoms with Gasteiger partial charge in [0.2, 0.25) is 5.91 Å². The van der Waals surface area contributed by atoms with Crippen molar-refractivity contribution in [2.24, 2.45) is 0 Å². The number of halogens is 1. The molecule has 0 N–H and O–H groups in total. The van der Waals surface area contributed by atoms with E-state index in [4.69, 9.17) is 0 Å². The molecule has 0 radical (unpaired) electrons. The van der Waals surface area contributed by atoms with Crippen LogP contribution in [-0.4, -0.2) is 34.9 Å². The lowest BCUT2D eigenvalue weighted by molar-refractivity contribution is -0.130. The first-order chi connectivity index (χ1) is 9.08. The minimum absolute atomic E-state index is 0.0859. The van der Waals surface area contributed by atoms with Crippen LogP contribution >= 0.6 is 11.8 Å². The van der Waals surface area contributed by atoms with Crippen LogP contribution in [0.3, 0.4) is 0 Å². The number of ketones is 1. The molecule has 1 aliphatic rings. The van der Waals surface area contributed by atoms with E-state index in [1.165, 1.54) is 23.9 Å². The van der Waals surface area contributed by atoms with Crippen LogP contribution in [0.2, 0.25) is 0 Å². The molecule has 19 heavy (non-hydrogen) atoms. The van der Waals surface area contributed by atoms with Crippen molar-refractivity contribution in [3.05, 3.63) is 29.6 Å². The Morgan fingerprint density at radius 2 is 2.11 bits per heavy atom. The number of amides is 1. The Kier molecular flexibility index (Phi) is 4.24. The molecule has 0 aromatic heterocycles. The smallest absolute Gasteiger partial charge is 0.236 e. The maximum absolute atomic E-state index is 13.7. The topological polar surface area (TPSA) is 37.4 Å². The number of nitrogens with zero attached hydrogens (tertiary/aromatic N) is 1. The summed E-state index contributed by atoms with van der Waals surface area (Å²) >= 11 is 1.17. The highest BCUT2D eigenvalue weighted by Gasteiger charge is 2.33. The number of hydrogen-bond donors (Lipinski definition) is 0. The number of thioether (sulfide) groups is 1. The van der Waals surface area contributed by atoms with Gasteiger partial charge in [-0.1, -0.05) is 12.1 Å². The predicted octanol–water partition coefficient (Wildman–Crippen LogP) is 2.74. The monoisotopic (exact) mass is 281 g/mol. The first-order valence-electron chi connectivity index (χ1n) is 6.35. The van der Waals surface area contributed by atoms with Crippen LogP contribution in [0.15, 0.2) is 23.1 Å². The Balaban J connectivity index is 2.28. The molecule has 2 rings (SSSR count). The largest absolute Gasteiger partial charge is 0.342 e. The first-order valence-corrected chi connectivity index (χ1v) is 7.23. The van der Waals surface area contributed by atoms with Crippen molar-refractivity contribution < 1.29 is 14.0 Å². The highest BCUT2D eigenvalue weighted by molar-refractivity contribution is 8.00. The standard InChI is InChI=1S/C14H16FNO2S/c1-3-16(4-2)14(18)12-8-11(17)9-6-5-7-10(15)13(9)19-12/h5-7,12H,3-4,8H2,1-2H3. The minimum Gasteiger partial charge on any atom is -0.342 e. The van der Waals surface area contributed by atoms with Gasteiger partial charge >= 0.3 is 0 Å². The van der Waals surface area contributed by atoms with Gasteiger partial charge in [-0.05, 0) is 19.9 Å². The number of hydrogen-bond acceptors (Lipinski definition) is 3. The molecule has 1 amide bonds. The Morgan fingerprint density at radius 1 is 1.42 bits per heavy atom. The van der Waals surface area contributed by atoms with Crippen LogP contribution in [0.1, 0.15) is 30.6 Å². The van der Waals surface area contributed by atoms with Gasteiger partial charge in [-0.15, -0.1) is 11.8 Å². The summed E-state index contributed by atoms with van der Waals surface area (Å²) in [5.41, 5.74) is 0.397. The third-order valence-corrected chi connectivity index (χ3v) is 4.55. The second kappa shape index (κ2) is 5.74. The Bertz CT molecular complexity index is 514. The predicted molar refractivity (Wildman–Crippen MR) is 72.9 cm³/mol. The van der Waals surface area contributed by atoms with Crippen molar-refractivity contribution in [1.29, 1.82) is 0 Å². The van der Waals surface area contributed by atoms with Gasteiger partial charge in [0, 0.05) is 25.1 Å². The highest BCUT2D eigenvalue weighted by Crippen LogP contribution is 2.37. The van der Waals surface area contributed by atoms with Crippen molar-refractivity contribution >= 4 is 23.5 Å². The van der Waals surface area contributed by atoms with Crippen LogP contribution in [0, 0.1) is 5.82 Å². The summed E-state index contributed by atoms with van der Waals surface area (Å²) in [6, 6.07) is 4.47. The number of Topliss-reactive ketones (excluding diaryl/α,β-unsaturated/α-hetero) is 1. The van der Waals surface area contributed by atoms with Crippen LogP contribution in [0.25, 0.3) is 0 Å². The Labute approximate surface area is 116 Å². The van der Waals surface area contributed by atoms with E-state index in [9.17, 15) is 14.0 Å². The quantitative estimate of drug-likeness (QED) is 0.855. The molecule has 1 aliphatic heterocycles. The van der Waals surface area contributed by atoms with E-state index in [1.54, 1.807) is 11.0 Å². The van der Waals surface area contributed by atoms with Crippen molar-refractivity contribution in [3.63, 3.8) is 0 Å². The highest BCUT2D eigenvalue weighted by atomic mass is 32.2. The average Bonchev–Trinajstić information content (AvgIpc) is 2.41. The van der Waals surface area contributed by atoms with Crippen molar-refractivity contribution in [2.45, 2.75) is 30.4 Å². The molecule has 102 valence electrons. The van der Waals surface area contributed by atoms with Crippen LogP contribution < -0.4 is 0 Å². The molecule has 1 aromatic rings. The lowest BCUT2D eigenvalue weighted by Gasteiger charge is -2.27. The maximum Gasteiger partial charge on any atom is 0.236 e. The van der Waals surface area contributed by atoms with Gasteiger partial charge in [0.05, 0.1) is 10.1 Å². The second-order valence-electron chi connectivity index (χ2n) is 4.36. The molecule has 1 heterocycles. The van der Waals surface area contributed by atoms with Gasteiger partial charge in [0.25, 0.3) is 0 Å². The summed E-state index contributed by atoms with van der Waals surface area (Å²) in [7, 11) is 0. The summed E-state index contributed by atoms with van der Waals surface area (Å²) in [6.45, 7) is 4.99. The molecule has 0 spiro atoms. The Hall–Kier alpha value is -1.36. The second-order valence-corrected chi connectivity index (χ2v) is 5.57. The van der Waals surface area contributed by atoms with Crippen molar-refractivity contribution in [1.82, 2.24) is 4.90 Å². The van der Waals surface area contributed by atoms with Gasteiger partial charge in [-0.25, -0.2) is 4.39 Å². The van der Waals surface area contributed by atoms with Crippen LogP contribution in [-0.2, 0) is 4.79 Å². The molecule has 0 saturated carbocycles. The lowest BCUT2D eigenvalue weighted by Crippen LogP contribution is -2.39. The molecule has 5 heteroatoms. The Morgan fingerprint density at radius 3 is 2.74 bits per heavy atom. The SMILES string of the molecule is CCN(CC)C(=O)C1CC(=O)c2cccc(F)c2S1. The van der Waals surface area contributed by atoms with E-state index in [2.05, 4.69) is 0 Å². The summed E-state index contributed by atoms with van der Waals surface area (Å²) in [5.74, 6) is -0.663. The zero-order chi connectivity index (χ0) is 14.0. The third-order valence-electron chi connectivity index (χ3n) is 3.25. The zero-order valence-electron chi connectivity index (χ0n) is 11.0. The van der Waals surface area contributed by atoms with E-state index in [1.807, 2.05) is 13.8 Å². The minimum atomic E-state index is -0.503. The summed E-state index contributed by atoms with van der Waals surface area (Å²) < 4.78 is 13.7. The fraction of sp³-hybridized carbons (Fsp3) is 0.429. The maximum atomic E-state index is 13.7. The lowest BCUT2D eigenvalue weighted by atomic mass is 10.0. The van der Waals surface area contributed by atoms with Gasteiger partial charge in [0.15, 0.2) is 5.78 Å². The first kappa shape index (κ1) is 14.1. The molecule has 1 atom stereocenters. The molecule has 0 aliphatic carbocycles. The zero-order valence-corrected chi connectivity index (χ0v) is 11.8. The fourth-order valence-corrected chi connectivity index (χ4v) is 3.45. The van der Waals surface area contributed by atoms with E-state index in [-0.39, 0.29) is 18.1 Å². The number of fused-ring (bicyclic) bond motifs is 1. The summed E-state index contributed by atoms with van der Waals surface area (Å²) in [5, 5.41) is -0.503. The molecular weight excluding hydrogens is 265 g/mol. The number of rotatable bonds is 3. The summed E-state index contributed by atoms with van der Waals surface area (Å²) in [6.07, 6.45) is 0.149. The fourth-order valence-electron chi connectivity index (χ4n) is 2.19. The van der Waals surface area contributed by atoms with E-state index >= 15 is 0 Å². The molecule has 1 unspecified atom stereocenters. The van der Waals surface area contributed by atoms with Crippen LogP contribution in [0.5, 0.6) is 0 Å². The summed E-state index contributed by atoms with van der Waals surface area (Å²) in [4.78, 5) is 26.2. The molecule has 0 bridgehead atoms. The molecule has 0 saturated heterocycles. The average molecular weight is 281 g/mol. The number of carbonyl (C=O) groups excluding carboxylic acids is 2. The number of carbonyl (C=O) groups is 2. The third kappa shape index (κ3) is 2.66. The van der Waals surface area contributed by atoms with Crippen molar-refractivity contribution in [3.8, 4) is 0 Å².